The van der Waals surface area contributed by atoms with Gasteiger partial charge in [0.1, 0.15) is 18.4 Å². The lowest BCUT2D eigenvalue weighted by molar-refractivity contribution is -0.385. The number of hydrogen-bond donors (Lipinski definition) is 2. The maximum atomic E-state index is 12.8. The molecule has 11 nitrogen and oxygen atoms in total. The van der Waals surface area contributed by atoms with Gasteiger partial charge in [-0.2, -0.15) is 10.2 Å². The third-order valence-corrected chi connectivity index (χ3v) is 4.40. The fourth-order valence-corrected chi connectivity index (χ4v) is 2.86. The van der Waals surface area contributed by atoms with E-state index in [-0.39, 0.29) is 17.1 Å². The molecule has 156 valence electrons. The molecule has 0 aliphatic carbocycles. The molecule has 0 fully saturated rings. The molecule has 30 heavy (non-hydrogen) atoms. The van der Waals surface area contributed by atoms with E-state index in [0.717, 1.165) is 6.20 Å². The average Bonchev–Trinajstić information content (AvgIpc) is 3.37. The summed E-state index contributed by atoms with van der Waals surface area (Å²) in [6.07, 6.45) is 4.20. The number of aryl methyl sites for hydroxylation is 1. The highest BCUT2D eigenvalue weighted by Gasteiger charge is 2.25. The number of nitro groups is 1. The van der Waals surface area contributed by atoms with Crippen LogP contribution in [-0.2, 0) is 11.3 Å². The van der Waals surface area contributed by atoms with E-state index in [0.29, 0.717) is 18.7 Å². The molecule has 0 radical (unpaired) electrons. The Hall–Kier alpha value is -4.02. The Labute approximate surface area is 171 Å². The normalized spacial score (nSPS) is 11.7. The lowest BCUT2D eigenvalue weighted by Gasteiger charge is -2.15. The number of nitrogens with one attached hydrogen (secondary N) is 2. The zero-order valence-electron chi connectivity index (χ0n) is 16.5. The summed E-state index contributed by atoms with van der Waals surface area (Å²) in [7, 11) is 0. The van der Waals surface area contributed by atoms with E-state index in [9.17, 15) is 19.7 Å². The zero-order chi connectivity index (χ0) is 21.7. The molecule has 0 aliphatic heterocycles. The van der Waals surface area contributed by atoms with Crippen LogP contribution in [0.5, 0.6) is 0 Å². The van der Waals surface area contributed by atoms with Crippen molar-refractivity contribution >= 4 is 28.9 Å². The van der Waals surface area contributed by atoms with Gasteiger partial charge in [-0.1, -0.05) is 25.1 Å². The fourth-order valence-electron chi connectivity index (χ4n) is 2.86. The minimum atomic E-state index is -0.784. The first-order valence-corrected chi connectivity index (χ1v) is 9.36. The number of nitrogens with zero attached hydrogens (tertiary/aromatic N) is 5. The molecule has 1 aromatic carbocycles. The molecule has 11 heteroatoms. The van der Waals surface area contributed by atoms with Crippen LogP contribution in [-0.4, -0.2) is 36.3 Å². The average molecular weight is 411 g/mol. The largest absolute Gasteiger partial charge is 0.321 e. The van der Waals surface area contributed by atoms with Gasteiger partial charge in [0.25, 0.3) is 5.91 Å². The predicted molar refractivity (Wildman–Crippen MR) is 109 cm³/mol. The van der Waals surface area contributed by atoms with E-state index in [1.807, 2.05) is 13.0 Å². The van der Waals surface area contributed by atoms with Gasteiger partial charge in [0.15, 0.2) is 5.69 Å². The Balaban J connectivity index is 1.82. The summed E-state index contributed by atoms with van der Waals surface area (Å²) in [5.41, 5.74) is 0.704. The van der Waals surface area contributed by atoms with Gasteiger partial charge in [-0.25, -0.2) is 0 Å². The Kier molecular flexibility index (Phi) is 6.20. The molecule has 3 aromatic rings. The van der Waals surface area contributed by atoms with Crippen molar-refractivity contribution < 1.29 is 14.5 Å². The van der Waals surface area contributed by atoms with Crippen LogP contribution in [0.1, 0.15) is 36.8 Å². The molecule has 1 atom stereocenters. The number of anilines is 2. The summed E-state index contributed by atoms with van der Waals surface area (Å²) >= 11 is 0. The van der Waals surface area contributed by atoms with Crippen molar-refractivity contribution in [2.75, 3.05) is 10.6 Å². The molecule has 0 aliphatic rings. The van der Waals surface area contributed by atoms with Crippen molar-refractivity contribution in [2.24, 2.45) is 0 Å². The number of hydrogen-bond acceptors (Lipinski definition) is 6. The van der Waals surface area contributed by atoms with Gasteiger partial charge in [0.05, 0.1) is 10.6 Å². The van der Waals surface area contributed by atoms with Crippen LogP contribution in [0, 0.1) is 10.1 Å². The first-order chi connectivity index (χ1) is 14.4. The summed E-state index contributed by atoms with van der Waals surface area (Å²) in [5, 5.41) is 24.5. The molecule has 0 saturated carbocycles. The van der Waals surface area contributed by atoms with Crippen LogP contribution in [0.3, 0.4) is 0 Å². The maximum Gasteiger partial charge on any atom is 0.307 e. The first-order valence-electron chi connectivity index (χ1n) is 9.36. The fraction of sp³-hybridized carbons (Fsp3) is 0.263. The lowest BCUT2D eigenvalue weighted by atomic mass is 10.2. The van der Waals surface area contributed by atoms with Crippen LogP contribution >= 0.6 is 0 Å². The van der Waals surface area contributed by atoms with Crippen LogP contribution < -0.4 is 10.6 Å². The molecular weight excluding hydrogens is 390 g/mol. The molecule has 0 spiro atoms. The van der Waals surface area contributed by atoms with E-state index >= 15 is 0 Å². The zero-order valence-corrected chi connectivity index (χ0v) is 16.5. The molecule has 0 saturated heterocycles. The standard InChI is InChI=1S/C19H21N7O4/c1-3-16(25-11-14(10-20-25)26(29)30)18(27)22-15-12-24(4-2)23-17(15)19(28)21-13-8-6-5-7-9-13/h5-12,16H,3-4H2,1-2H3,(H,21,28)(H,22,27). The molecule has 2 heterocycles. The second-order valence-electron chi connectivity index (χ2n) is 6.42. The summed E-state index contributed by atoms with van der Waals surface area (Å²) in [6.45, 7) is 4.12. The third kappa shape index (κ3) is 4.51. The van der Waals surface area contributed by atoms with Gasteiger partial charge in [-0.05, 0) is 25.5 Å². The minimum Gasteiger partial charge on any atom is -0.321 e. The van der Waals surface area contributed by atoms with E-state index in [2.05, 4.69) is 20.8 Å². The second kappa shape index (κ2) is 8.99. The van der Waals surface area contributed by atoms with Crippen LogP contribution in [0.15, 0.2) is 48.9 Å². The molecule has 3 rings (SSSR count). The molecule has 0 bridgehead atoms. The minimum absolute atomic E-state index is 0.0651. The van der Waals surface area contributed by atoms with Crippen molar-refractivity contribution in [1.29, 1.82) is 0 Å². The number of aromatic nitrogens is 4. The number of benzene rings is 1. The van der Waals surface area contributed by atoms with Gasteiger partial charge in [-0.3, -0.25) is 29.1 Å². The maximum absolute atomic E-state index is 12.8. The highest BCUT2D eigenvalue weighted by atomic mass is 16.6. The predicted octanol–water partition coefficient (Wildman–Crippen LogP) is 2.85. The topological polar surface area (TPSA) is 137 Å². The van der Waals surface area contributed by atoms with Crippen molar-refractivity contribution in [3.8, 4) is 0 Å². The highest BCUT2D eigenvalue weighted by Crippen LogP contribution is 2.21. The van der Waals surface area contributed by atoms with Gasteiger partial charge in [-0.15, -0.1) is 0 Å². The van der Waals surface area contributed by atoms with Crippen molar-refractivity contribution in [3.63, 3.8) is 0 Å². The van der Waals surface area contributed by atoms with Gasteiger partial charge in [0, 0.05) is 18.4 Å². The van der Waals surface area contributed by atoms with Gasteiger partial charge < -0.3 is 10.6 Å². The SMILES string of the molecule is CCC(C(=O)Nc1cn(CC)nc1C(=O)Nc1ccccc1)n1cc([N+](=O)[O-])cn1. The molecule has 2 amide bonds. The van der Waals surface area contributed by atoms with Crippen molar-refractivity contribution in [1.82, 2.24) is 19.6 Å². The third-order valence-electron chi connectivity index (χ3n) is 4.40. The first kappa shape index (κ1) is 20.7. The molecular formula is C19H21N7O4. The van der Waals surface area contributed by atoms with Crippen molar-refractivity contribution in [3.05, 3.63) is 64.7 Å². The Morgan fingerprint density at radius 3 is 2.50 bits per heavy atom. The smallest absolute Gasteiger partial charge is 0.307 e. The summed E-state index contributed by atoms with van der Waals surface area (Å²) in [5.74, 6) is -0.925. The van der Waals surface area contributed by atoms with E-state index in [1.54, 1.807) is 37.4 Å². The summed E-state index contributed by atoms with van der Waals surface area (Å²) in [4.78, 5) is 35.9. The summed E-state index contributed by atoms with van der Waals surface area (Å²) in [6, 6.07) is 8.11. The van der Waals surface area contributed by atoms with E-state index < -0.39 is 22.8 Å². The van der Waals surface area contributed by atoms with Crippen molar-refractivity contribution in [2.45, 2.75) is 32.9 Å². The Bertz CT molecular complexity index is 1060. The van der Waals surface area contributed by atoms with Crippen LogP contribution in [0.2, 0.25) is 0 Å². The lowest BCUT2D eigenvalue weighted by Crippen LogP contribution is -2.27. The van der Waals surface area contributed by atoms with E-state index in [1.165, 1.54) is 15.6 Å². The number of amides is 2. The molecule has 1 unspecified atom stereocenters. The quantitative estimate of drug-likeness (QED) is 0.432. The van der Waals surface area contributed by atoms with Gasteiger partial charge in [0.2, 0.25) is 5.91 Å². The van der Waals surface area contributed by atoms with Gasteiger partial charge >= 0.3 is 5.69 Å². The monoisotopic (exact) mass is 411 g/mol. The number of para-hydroxylation sites is 1. The summed E-state index contributed by atoms with van der Waals surface area (Å²) < 4.78 is 2.77. The molecule has 2 aromatic heterocycles. The number of carbonyl (C=O) groups excluding carboxylic acids is 2. The Morgan fingerprint density at radius 2 is 1.90 bits per heavy atom. The number of rotatable bonds is 8. The molecule has 2 N–H and O–H groups in total. The highest BCUT2D eigenvalue weighted by molar-refractivity contribution is 6.09. The number of carbonyl (C=O) groups is 2. The van der Waals surface area contributed by atoms with Crippen LogP contribution in [0.4, 0.5) is 17.1 Å². The van der Waals surface area contributed by atoms with E-state index in [4.69, 9.17) is 0 Å². The second-order valence-corrected chi connectivity index (χ2v) is 6.42. The Morgan fingerprint density at radius 1 is 1.17 bits per heavy atom. The van der Waals surface area contributed by atoms with Crippen LogP contribution in [0.25, 0.3) is 0 Å².